The molecule has 0 saturated heterocycles. The average Bonchev–Trinajstić information content (AvgIpc) is 3.01. The molecule has 0 aliphatic carbocycles. The Morgan fingerprint density at radius 1 is 1.15 bits per heavy atom. The molecule has 10 heteroatoms. The summed E-state index contributed by atoms with van der Waals surface area (Å²) in [5, 5.41) is 8.12. The number of benzene rings is 1. The van der Waals surface area contributed by atoms with E-state index >= 15 is 0 Å². The van der Waals surface area contributed by atoms with Crippen molar-refractivity contribution in [3.05, 3.63) is 69.7 Å². The number of hydrogen-bond donors (Lipinski definition) is 1. The van der Waals surface area contributed by atoms with Gasteiger partial charge in [-0.25, -0.2) is 9.97 Å². The molecule has 1 aromatic carbocycles. The topological polar surface area (TPSA) is 94.7 Å². The molecule has 174 valence electrons. The molecule has 5 rings (SSSR count). The SMILES string of the molecule is CC(Sc1nc2nn(-c3ccccc3)c(=O)c-2c2n1CCCCC2)C(=O)Nc1ccc(Cl)cn1. The summed E-state index contributed by atoms with van der Waals surface area (Å²) in [7, 11) is 0. The van der Waals surface area contributed by atoms with Gasteiger partial charge in [-0.1, -0.05) is 48.0 Å². The maximum absolute atomic E-state index is 13.3. The number of carbonyl (C=O) groups excluding carboxylic acids is 1. The molecule has 0 saturated carbocycles. The van der Waals surface area contributed by atoms with E-state index in [1.54, 1.807) is 12.1 Å². The zero-order valence-corrected chi connectivity index (χ0v) is 20.1. The van der Waals surface area contributed by atoms with Crippen LogP contribution in [0.25, 0.3) is 17.1 Å². The number of para-hydroxylation sites is 1. The van der Waals surface area contributed by atoms with E-state index in [4.69, 9.17) is 16.6 Å². The summed E-state index contributed by atoms with van der Waals surface area (Å²) in [6, 6.07) is 12.7. The highest BCUT2D eigenvalue weighted by atomic mass is 35.5. The van der Waals surface area contributed by atoms with Crippen LogP contribution in [-0.4, -0.2) is 35.5 Å². The van der Waals surface area contributed by atoms with Crippen molar-refractivity contribution in [2.75, 3.05) is 5.32 Å². The van der Waals surface area contributed by atoms with Crippen molar-refractivity contribution in [1.82, 2.24) is 24.3 Å². The van der Waals surface area contributed by atoms with Gasteiger partial charge in [-0.3, -0.25) is 9.59 Å². The number of anilines is 1. The number of amides is 1. The Kier molecular flexibility index (Phi) is 6.38. The van der Waals surface area contributed by atoms with Crippen molar-refractivity contribution in [2.24, 2.45) is 0 Å². The predicted molar refractivity (Wildman–Crippen MR) is 133 cm³/mol. The van der Waals surface area contributed by atoms with Gasteiger partial charge in [0.05, 0.1) is 16.0 Å². The second-order valence-corrected chi connectivity index (χ2v) is 9.91. The van der Waals surface area contributed by atoms with Gasteiger partial charge in [-0.05, 0) is 50.5 Å². The first-order valence-corrected chi connectivity index (χ1v) is 12.4. The van der Waals surface area contributed by atoms with Gasteiger partial charge < -0.3 is 9.88 Å². The first-order chi connectivity index (χ1) is 16.5. The van der Waals surface area contributed by atoms with Crippen LogP contribution in [0.5, 0.6) is 0 Å². The fourth-order valence-electron chi connectivity index (χ4n) is 4.08. The van der Waals surface area contributed by atoms with E-state index in [9.17, 15) is 9.59 Å². The molecular weight excluding hydrogens is 472 g/mol. The van der Waals surface area contributed by atoms with Crippen LogP contribution in [-0.2, 0) is 17.8 Å². The van der Waals surface area contributed by atoms with Gasteiger partial charge in [-0.2, -0.15) is 4.68 Å². The smallest absolute Gasteiger partial charge is 0.284 e. The summed E-state index contributed by atoms with van der Waals surface area (Å²) >= 11 is 7.24. The van der Waals surface area contributed by atoms with Gasteiger partial charge >= 0.3 is 0 Å². The van der Waals surface area contributed by atoms with Gasteiger partial charge in [0.25, 0.3) is 5.56 Å². The zero-order chi connectivity index (χ0) is 23.7. The normalized spacial score (nSPS) is 14.4. The van der Waals surface area contributed by atoms with Crippen molar-refractivity contribution in [1.29, 1.82) is 0 Å². The molecule has 4 heterocycles. The molecule has 1 unspecified atom stereocenters. The van der Waals surface area contributed by atoms with Gasteiger partial charge in [0, 0.05) is 18.4 Å². The molecule has 1 N–H and O–H groups in total. The van der Waals surface area contributed by atoms with Crippen molar-refractivity contribution >= 4 is 35.1 Å². The van der Waals surface area contributed by atoms with Crippen LogP contribution >= 0.6 is 23.4 Å². The number of carbonyl (C=O) groups is 1. The number of nitrogens with one attached hydrogen (secondary N) is 1. The lowest BCUT2D eigenvalue weighted by Gasteiger charge is -2.19. The van der Waals surface area contributed by atoms with Crippen molar-refractivity contribution in [3.63, 3.8) is 0 Å². The Hall–Kier alpha value is -3.17. The minimum Gasteiger partial charge on any atom is -0.324 e. The number of halogens is 1. The van der Waals surface area contributed by atoms with Crippen LogP contribution in [0.15, 0.2) is 58.6 Å². The highest BCUT2D eigenvalue weighted by molar-refractivity contribution is 8.00. The van der Waals surface area contributed by atoms with Crippen molar-refractivity contribution < 1.29 is 4.79 Å². The van der Waals surface area contributed by atoms with Crippen LogP contribution in [0.2, 0.25) is 5.02 Å². The second kappa shape index (κ2) is 9.60. The minimum absolute atomic E-state index is 0.157. The standard InChI is InChI=1S/C24H23ClN6O2S/c1-15(22(32)27-19-12-11-16(25)14-26-19)34-24-28-21-20(18-10-6-3-7-13-30(18)24)23(33)31(29-21)17-8-4-2-5-9-17/h2,4-5,8-9,11-12,14-15H,3,6-7,10,13H2,1H3,(H,26,27,32). The molecule has 0 spiro atoms. The first-order valence-electron chi connectivity index (χ1n) is 11.2. The molecule has 0 bridgehead atoms. The number of fused-ring (bicyclic) bond motifs is 3. The second-order valence-electron chi connectivity index (χ2n) is 8.17. The average molecular weight is 495 g/mol. The van der Waals surface area contributed by atoms with Crippen molar-refractivity contribution in [3.8, 4) is 17.1 Å². The lowest BCUT2D eigenvalue weighted by molar-refractivity contribution is -0.115. The minimum atomic E-state index is -0.440. The van der Waals surface area contributed by atoms with Crippen LogP contribution < -0.4 is 10.9 Å². The van der Waals surface area contributed by atoms with Crippen molar-refractivity contribution in [2.45, 2.75) is 49.6 Å². The third kappa shape index (κ3) is 4.45. The van der Waals surface area contributed by atoms with E-state index in [1.807, 2.05) is 37.3 Å². The molecule has 1 atom stereocenters. The maximum Gasteiger partial charge on any atom is 0.284 e. The summed E-state index contributed by atoms with van der Waals surface area (Å²) in [6.07, 6.45) is 5.33. The molecular formula is C24H23ClN6O2S. The Bertz CT molecular complexity index is 1350. The summed E-state index contributed by atoms with van der Waals surface area (Å²) in [6.45, 7) is 2.58. The van der Waals surface area contributed by atoms with E-state index in [-0.39, 0.29) is 11.5 Å². The molecule has 1 amide bonds. The van der Waals surface area contributed by atoms with Crippen LogP contribution in [0, 0.1) is 0 Å². The van der Waals surface area contributed by atoms with Gasteiger partial charge in [0.15, 0.2) is 11.0 Å². The summed E-state index contributed by atoms with van der Waals surface area (Å²) in [5.74, 6) is 0.662. The molecule has 0 fully saturated rings. The van der Waals surface area contributed by atoms with Gasteiger partial charge in [0.2, 0.25) is 5.91 Å². The third-order valence-electron chi connectivity index (χ3n) is 5.80. The number of pyridine rings is 1. The lowest BCUT2D eigenvalue weighted by atomic mass is 10.1. The van der Waals surface area contributed by atoms with Gasteiger partial charge in [0.1, 0.15) is 11.4 Å². The first kappa shape index (κ1) is 22.6. The Morgan fingerprint density at radius 2 is 1.97 bits per heavy atom. The molecule has 3 aliphatic heterocycles. The van der Waals surface area contributed by atoms with E-state index in [2.05, 4.69) is 20.0 Å². The molecule has 3 aliphatic rings. The molecule has 2 aromatic rings. The number of thioether (sulfide) groups is 1. The van der Waals surface area contributed by atoms with E-state index in [0.717, 1.165) is 37.9 Å². The fourth-order valence-corrected chi connectivity index (χ4v) is 5.14. The summed E-state index contributed by atoms with van der Waals surface area (Å²) in [4.78, 5) is 35.1. The van der Waals surface area contributed by atoms with Crippen LogP contribution in [0.4, 0.5) is 5.82 Å². The third-order valence-corrected chi connectivity index (χ3v) is 7.11. The highest BCUT2D eigenvalue weighted by Gasteiger charge is 2.28. The summed E-state index contributed by atoms with van der Waals surface area (Å²) < 4.78 is 3.52. The van der Waals surface area contributed by atoms with Gasteiger partial charge in [-0.15, -0.1) is 5.10 Å². The number of rotatable bonds is 5. The van der Waals surface area contributed by atoms with E-state index < -0.39 is 5.25 Å². The van der Waals surface area contributed by atoms with E-state index in [0.29, 0.717) is 33.1 Å². The Morgan fingerprint density at radius 3 is 2.74 bits per heavy atom. The molecule has 34 heavy (non-hydrogen) atoms. The quantitative estimate of drug-likeness (QED) is 0.326. The predicted octanol–water partition coefficient (Wildman–Crippen LogP) is 4.43. The Balaban J connectivity index is 1.51. The van der Waals surface area contributed by atoms with Crippen LogP contribution in [0.1, 0.15) is 31.9 Å². The summed E-state index contributed by atoms with van der Waals surface area (Å²) in [5.41, 5.74) is 2.06. The molecule has 8 nitrogen and oxygen atoms in total. The van der Waals surface area contributed by atoms with Crippen LogP contribution in [0.3, 0.4) is 0 Å². The lowest BCUT2D eigenvalue weighted by Crippen LogP contribution is -2.25. The number of nitrogens with zero attached hydrogens (tertiary/aromatic N) is 5. The maximum atomic E-state index is 13.3. The fraction of sp³-hybridized carbons (Fsp3) is 0.292. The molecule has 1 aromatic heterocycles. The monoisotopic (exact) mass is 494 g/mol. The highest BCUT2D eigenvalue weighted by Crippen LogP contribution is 2.32. The van der Waals surface area contributed by atoms with E-state index in [1.165, 1.54) is 22.6 Å². The number of aromatic nitrogens is 5. The molecule has 0 radical (unpaired) electrons. The number of hydrogen-bond acceptors (Lipinski definition) is 6. The Labute approximate surface area is 205 Å². The zero-order valence-electron chi connectivity index (χ0n) is 18.6. The largest absolute Gasteiger partial charge is 0.324 e.